The van der Waals surface area contributed by atoms with Crippen LogP contribution in [-0.4, -0.2) is 11.0 Å². The minimum absolute atomic E-state index is 0.291. The van der Waals surface area contributed by atoms with Crippen LogP contribution in [0.5, 0.6) is 0 Å². The number of aromatic nitrogens is 1. The van der Waals surface area contributed by atoms with E-state index in [0.717, 1.165) is 10.7 Å². The van der Waals surface area contributed by atoms with Gasteiger partial charge in [-0.1, -0.05) is 20.8 Å². The summed E-state index contributed by atoms with van der Waals surface area (Å²) in [5, 5.41) is 6.88. The van der Waals surface area contributed by atoms with Gasteiger partial charge in [-0.05, 0) is 26.2 Å². The van der Waals surface area contributed by atoms with E-state index < -0.39 is 0 Å². The molecule has 0 saturated carbocycles. The molecule has 86 valence electrons. The zero-order valence-electron chi connectivity index (χ0n) is 10.6. The van der Waals surface area contributed by atoms with Crippen molar-refractivity contribution in [2.75, 3.05) is 0 Å². The minimum atomic E-state index is 0.291. The van der Waals surface area contributed by atoms with Crippen LogP contribution < -0.4 is 5.32 Å². The van der Waals surface area contributed by atoms with Gasteiger partial charge in [-0.2, -0.15) is 0 Å². The molecule has 0 aliphatic rings. The van der Waals surface area contributed by atoms with Gasteiger partial charge in [0.05, 0.1) is 10.7 Å². The van der Waals surface area contributed by atoms with Crippen molar-refractivity contribution in [1.29, 1.82) is 0 Å². The Morgan fingerprint density at radius 1 is 1.33 bits per heavy atom. The summed E-state index contributed by atoms with van der Waals surface area (Å²) < 4.78 is 0. The maximum atomic E-state index is 4.50. The molecule has 3 heteroatoms. The Morgan fingerprint density at radius 2 is 1.93 bits per heavy atom. The largest absolute Gasteiger partial charge is 0.306 e. The highest BCUT2D eigenvalue weighted by atomic mass is 32.1. The van der Waals surface area contributed by atoms with E-state index >= 15 is 0 Å². The van der Waals surface area contributed by atoms with E-state index in [9.17, 15) is 0 Å². The molecule has 0 aliphatic carbocycles. The lowest BCUT2D eigenvalue weighted by molar-refractivity contribution is 0.267. The molecule has 2 unspecified atom stereocenters. The first-order valence-corrected chi connectivity index (χ1v) is 6.36. The van der Waals surface area contributed by atoms with Crippen LogP contribution in [0, 0.1) is 12.3 Å². The summed E-state index contributed by atoms with van der Waals surface area (Å²) >= 11 is 1.72. The lowest BCUT2D eigenvalue weighted by Gasteiger charge is -2.30. The molecular formula is C12H22N2S. The third kappa shape index (κ3) is 3.58. The van der Waals surface area contributed by atoms with Crippen LogP contribution in [0.1, 0.15) is 51.4 Å². The highest BCUT2D eigenvalue weighted by Gasteiger charge is 2.22. The molecule has 1 aromatic heterocycles. The van der Waals surface area contributed by atoms with Crippen LogP contribution >= 0.6 is 11.3 Å². The molecule has 1 rings (SSSR count). The van der Waals surface area contributed by atoms with Crippen molar-refractivity contribution in [3.05, 3.63) is 16.1 Å². The second kappa shape index (κ2) is 4.62. The van der Waals surface area contributed by atoms with E-state index in [4.69, 9.17) is 0 Å². The van der Waals surface area contributed by atoms with Crippen molar-refractivity contribution in [2.45, 2.75) is 53.6 Å². The van der Waals surface area contributed by atoms with E-state index in [1.807, 2.05) is 6.92 Å². The van der Waals surface area contributed by atoms with Crippen LogP contribution in [0.15, 0.2) is 5.38 Å². The van der Waals surface area contributed by atoms with E-state index in [2.05, 4.69) is 50.3 Å². The molecule has 0 radical (unpaired) electrons. The number of rotatable bonds is 3. The molecular weight excluding hydrogens is 204 g/mol. The summed E-state index contributed by atoms with van der Waals surface area (Å²) in [6.07, 6.45) is 0. The monoisotopic (exact) mass is 226 g/mol. The van der Waals surface area contributed by atoms with E-state index in [-0.39, 0.29) is 0 Å². The average Bonchev–Trinajstić information content (AvgIpc) is 2.50. The Morgan fingerprint density at radius 3 is 2.33 bits per heavy atom. The quantitative estimate of drug-likeness (QED) is 0.852. The van der Waals surface area contributed by atoms with Gasteiger partial charge in [-0.15, -0.1) is 11.3 Å². The minimum Gasteiger partial charge on any atom is -0.306 e. The topological polar surface area (TPSA) is 24.9 Å². The number of hydrogen-bond acceptors (Lipinski definition) is 3. The smallest absolute Gasteiger partial charge is 0.0898 e. The fourth-order valence-corrected chi connectivity index (χ4v) is 2.00. The molecule has 0 spiro atoms. The van der Waals surface area contributed by atoms with E-state index in [0.29, 0.717) is 17.5 Å². The summed E-state index contributed by atoms with van der Waals surface area (Å²) in [6, 6.07) is 0.818. The van der Waals surface area contributed by atoms with Crippen LogP contribution in [0.25, 0.3) is 0 Å². The Hall–Kier alpha value is -0.410. The molecule has 1 aromatic rings. The predicted octanol–water partition coefficient (Wildman–Crippen LogP) is 3.54. The van der Waals surface area contributed by atoms with Gasteiger partial charge in [0, 0.05) is 17.5 Å². The van der Waals surface area contributed by atoms with Gasteiger partial charge in [0.25, 0.3) is 0 Å². The van der Waals surface area contributed by atoms with Crippen LogP contribution in [0.2, 0.25) is 0 Å². The van der Waals surface area contributed by atoms with E-state index in [1.54, 1.807) is 11.3 Å². The zero-order valence-corrected chi connectivity index (χ0v) is 11.4. The Kier molecular flexibility index (Phi) is 3.90. The third-order valence-electron chi connectivity index (χ3n) is 2.88. The second-order valence-corrected chi connectivity index (χ2v) is 6.33. The second-order valence-electron chi connectivity index (χ2n) is 5.27. The summed E-state index contributed by atoms with van der Waals surface area (Å²) in [6.45, 7) is 13.2. The third-order valence-corrected chi connectivity index (χ3v) is 3.67. The zero-order chi connectivity index (χ0) is 11.6. The molecule has 0 aliphatic heterocycles. The maximum Gasteiger partial charge on any atom is 0.0898 e. The lowest BCUT2D eigenvalue weighted by Crippen LogP contribution is -2.39. The van der Waals surface area contributed by atoms with Crippen LogP contribution in [0.4, 0.5) is 0 Å². The molecule has 0 saturated heterocycles. The van der Waals surface area contributed by atoms with Crippen molar-refractivity contribution in [3.63, 3.8) is 0 Å². The molecule has 0 fully saturated rings. The van der Waals surface area contributed by atoms with Crippen molar-refractivity contribution in [2.24, 2.45) is 5.41 Å². The average molecular weight is 226 g/mol. The standard InChI is InChI=1S/C12H22N2S/c1-8(11-7-15-10(3)14-11)13-9(2)12(4,5)6/h7-9,13H,1-6H3. The Labute approximate surface area is 97.1 Å². The number of hydrogen-bond donors (Lipinski definition) is 1. The van der Waals surface area contributed by atoms with Crippen LogP contribution in [0.3, 0.4) is 0 Å². The van der Waals surface area contributed by atoms with Crippen molar-refractivity contribution in [3.8, 4) is 0 Å². The first kappa shape index (κ1) is 12.7. The Balaban J connectivity index is 2.60. The van der Waals surface area contributed by atoms with Crippen molar-refractivity contribution >= 4 is 11.3 Å². The molecule has 2 nitrogen and oxygen atoms in total. The Bertz CT molecular complexity index is 312. The van der Waals surface area contributed by atoms with Gasteiger partial charge in [-0.25, -0.2) is 4.98 Å². The van der Waals surface area contributed by atoms with Gasteiger partial charge in [0.15, 0.2) is 0 Å². The highest BCUT2D eigenvalue weighted by Crippen LogP contribution is 2.23. The van der Waals surface area contributed by atoms with Gasteiger partial charge in [-0.3, -0.25) is 0 Å². The summed E-state index contributed by atoms with van der Waals surface area (Å²) in [7, 11) is 0. The molecule has 15 heavy (non-hydrogen) atoms. The molecule has 2 atom stereocenters. The number of thiazole rings is 1. The van der Waals surface area contributed by atoms with Gasteiger partial charge in [0.2, 0.25) is 0 Å². The molecule has 0 bridgehead atoms. The summed E-state index contributed by atoms with van der Waals surface area (Å²) in [5.41, 5.74) is 1.45. The maximum absolute atomic E-state index is 4.50. The van der Waals surface area contributed by atoms with Gasteiger partial charge in [0.1, 0.15) is 0 Å². The highest BCUT2D eigenvalue weighted by molar-refractivity contribution is 7.09. The molecule has 0 aromatic carbocycles. The number of aryl methyl sites for hydroxylation is 1. The predicted molar refractivity (Wildman–Crippen MR) is 67.3 cm³/mol. The number of nitrogens with one attached hydrogen (secondary N) is 1. The molecule has 1 heterocycles. The first-order valence-electron chi connectivity index (χ1n) is 5.49. The molecule has 0 amide bonds. The summed E-state index contributed by atoms with van der Waals surface area (Å²) in [5.74, 6) is 0. The molecule has 1 N–H and O–H groups in total. The van der Waals surface area contributed by atoms with Crippen molar-refractivity contribution in [1.82, 2.24) is 10.3 Å². The normalized spacial score (nSPS) is 16.4. The van der Waals surface area contributed by atoms with Gasteiger partial charge < -0.3 is 5.32 Å². The fourth-order valence-electron chi connectivity index (χ4n) is 1.29. The lowest BCUT2D eigenvalue weighted by atomic mass is 9.87. The van der Waals surface area contributed by atoms with Crippen LogP contribution in [-0.2, 0) is 0 Å². The first-order chi connectivity index (χ1) is 6.80. The fraction of sp³-hybridized carbons (Fsp3) is 0.750. The van der Waals surface area contributed by atoms with Crippen molar-refractivity contribution < 1.29 is 0 Å². The van der Waals surface area contributed by atoms with E-state index in [1.165, 1.54) is 0 Å². The SMILES string of the molecule is Cc1nc(C(C)NC(C)C(C)(C)C)cs1. The number of nitrogens with zero attached hydrogens (tertiary/aromatic N) is 1. The van der Waals surface area contributed by atoms with Gasteiger partial charge >= 0.3 is 0 Å². The summed E-state index contributed by atoms with van der Waals surface area (Å²) in [4.78, 5) is 4.50.